The lowest BCUT2D eigenvalue weighted by Gasteiger charge is -2.51. The van der Waals surface area contributed by atoms with E-state index < -0.39 is 16.0 Å². The number of esters is 1. The van der Waals surface area contributed by atoms with Crippen LogP contribution in [0.3, 0.4) is 0 Å². The highest BCUT2D eigenvalue weighted by Crippen LogP contribution is 2.58. The van der Waals surface area contributed by atoms with Crippen LogP contribution in [-0.4, -0.2) is 34.6 Å². The highest BCUT2D eigenvalue weighted by atomic mass is 32.2. The molecule has 2 aliphatic rings. The summed E-state index contributed by atoms with van der Waals surface area (Å²) in [7, 11) is 1.45. The third-order valence-corrected chi connectivity index (χ3v) is 9.37. The molecule has 2 aromatic carbocycles. The van der Waals surface area contributed by atoms with E-state index in [1.807, 2.05) is 67.3 Å². The number of carbonyl (C=O) groups is 2. The first kappa shape index (κ1) is 21.3. The number of piperidine rings is 1. The van der Waals surface area contributed by atoms with E-state index in [2.05, 4.69) is 0 Å². The predicted octanol–water partition coefficient (Wildman–Crippen LogP) is 5.14. The monoisotopic (exact) mass is 441 g/mol. The number of thioether (sulfide) groups is 2. The van der Waals surface area contributed by atoms with Crippen LogP contribution in [0.5, 0.6) is 0 Å². The molecule has 4 nitrogen and oxygen atoms in total. The lowest BCUT2D eigenvalue weighted by molar-refractivity contribution is -0.148. The van der Waals surface area contributed by atoms with Gasteiger partial charge in [0.1, 0.15) is 5.92 Å². The van der Waals surface area contributed by atoms with Gasteiger partial charge in [-0.2, -0.15) is 0 Å². The summed E-state index contributed by atoms with van der Waals surface area (Å²) in [5.41, 5.74) is 4.07. The zero-order chi connectivity index (χ0) is 21.3. The highest BCUT2D eigenvalue weighted by molar-refractivity contribution is 8.18. The van der Waals surface area contributed by atoms with Crippen LogP contribution in [0.25, 0.3) is 0 Å². The van der Waals surface area contributed by atoms with Crippen LogP contribution in [0.15, 0.2) is 48.5 Å². The largest absolute Gasteiger partial charge is 0.469 e. The fourth-order valence-electron chi connectivity index (χ4n) is 4.37. The Morgan fingerprint density at radius 1 is 1.00 bits per heavy atom. The molecule has 0 saturated carbocycles. The van der Waals surface area contributed by atoms with Crippen molar-refractivity contribution in [2.45, 2.75) is 36.8 Å². The molecule has 0 unspecified atom stereocenters. The molecule has 30 heavy (non-hydrogen) atoms. The van der Waals surface area contributed by atoms with E-state index in [4.69, 9.17) is 4.74 Å². The van der Waals surface area contributed by atoms with E-state index in [0.29, 0.717) is 6.42 Å². The van der Waals surface area contributed by atoms with Crippen molar-refractivity contribution in [3.8, 4) is 0 Å². The van der Waals surface area contributed by atoms with Gasteiger partial charge in [-0.1, -0.05) is 47.5 Å². The molecule has 2 heterocycles. The number of ether oxygens (including phenoxy) is 1. The second kappa shape index (κ2) is 8.67. The van der Waals surface area contributed by atoms with Gasteiger partial charge in [0.25, 0.3) is 0 Å². The van der Waals surface area contributed by atoms with Crippen molar-refractivity contribution in [3.05, 3.63) is 65.2 Å². The smallest absolute Gasteiger partial charge is 0.313 e. The fraction of sp³-hybridized carbons (Fsp3) is 0.417. The molecule has 2 atom stereocenters. The summed E-state index contributed by atoms with van der Waals surface area (Å²) >= 11 is 3.52. The minimum atomic E-state index is -0.487. The molecule has 158 valence electrons. The average Bonchev–Trinajstić information content (AvgIpc) is 2.75. The molecule has 0 aromatic heterocycles. The molecule has 0 radical (unpaired) electrons. The first-order valence-corrected chi connectivity index (χ1v) is 12.2. The van der Waals surface area contributed by atoms with Crippen LogP contribution in [0, 0.1) is 19.8 Å². The first-order chi connectivity index (χ1) is 14.4. The molecular formula is C24H27NO3S2. The number of rotatable bonds is 3. The Balaban J connectivity index is 1.89. The maximum Gasteiger partial charge on any atom is 0.313 e. The minimum Gasteiger partial charge on any atom is -0.469 e. The second-order valence-electron chi connectivity index (χ2n) is 7.99. The predicted molar refractivity (Wildman–Crippen MR) is 125 cm³/mol. The van der Waals surface area contributed by atoms with Crippen LogP contribution >= 0.6 is 23.5 Å². The highest BCUT2D eigenvalue weighted by Gasteiger charge is 2.58. The summed E-state index contributed by atoms with van der Waals surface area (Å²) in [6, 6.07) is 15.7. The van der Waals surface area contributed by atoms with Gasteiger partial charge in [-0.3, -0.25) is 9.59 Å². The molecule has 1 amide bonds. The summed E-state index contributed by atoms with van der Waals surface area (Å²) in [5.74, 6) is 1.29. The molecule has 2 aliphatic heterocycles. The van der Waals surface area contributed by atoms with Crippen molar-refractivity contribution >= 4 is 41.1 Å². The Morgan fingerprint density at radius 3 is 2.13 bits per heavy atom. The van der Waals surface area contributed by atoms with Crippen molar-refractivity contribution in [1.82, 2.24) is 0 Å². The summed E-state index contributed by atoms with van der Waals surface area (Å²) in [5, 5.41) is 0. The standard InChI is InChI=1S/C24H27NO3S2/c1-16-5-9-18(10-6-16)22-21(23(27)28-3)24(29-13-4-14-30-24)15-20(26)25(22)19-11-7-17(2)8-12-19/h5-12,21-22H,4,13-15H2,1-3H3/t21-,22+/m1/s1. The lowest BCUT2D eigenvalue weighted by atomic mass is 9.82. The van der Waals surface area contributed by atoms with E-state index >= 15 is 0 Å². The van der Waals surface area contributed by atoms with Crippen molar-refractivity contribution in [1.29, 1.82) is 0 Å². The van der Waals surface area contributed by atoms with Gasteiger partial charge in [-0.05, 0) is 49.5 Å². The van der Waals surface area contributed by atoms with E-state index in [0.717, 1.165) is 40.3 Å². The van der Waals surface area contributed by atoms with Gasteiger partial charge in [0.2, 0.25) is 5.91 Å². The van der Waals surface area contributed by atoms with Gasteiger partial charge in [0.05, 0.1) is 23.7 Å². The van der Waals surface area contributed by atoms with Gasteiger partial charge < -0.3 is 9.64 Å². The van der Waals surface area contributed by atoms with Crippen molar-refractivity contribution in [3.63, 3.8) is 0 Å². The SMILES string of the molecule is COC(=O)[C@H]1[C@H](c2ccc(C)cc2)N(c2ccc(C)cc2)C(=O)CC12SCCCS2. The lowest BCUT2D eigenvalue weighted by Crippen LogP contribution is -2.57. The molecule has 0 bridgehead atoms. The molecule has 4 rings (SSSR count). The summed E-state index contributed by atoms with van der Waals surface area (Å²) in [6.45, 7) is 4.07. The Bertz CT molecular complexity index is 920. The van der Waals surface area contributed by atoms with Crippen molar-refractivity contribution in [2.24, 2.45) is 5.92 Å². The van der Waals surface area contributed by atoms with Crippen molar-refractivity contribution in [2.75, 3.05) is 23.5 Å². The first-order valence-electron chi connectivity index (χ1n) is 10.3. The van der Waals surface area contributed by atoms with E-state index in [9.17, 15) is 9.59 Å². The van der Waals surface area contributed by atoms with Crippen LogP contribution in [0.1, 0.15) is 35.6 Å². The van der Waals surface area contributed by atoms with E-state index in [1.165, 1.54) is 7.11 Å². The number of anilines is 1. The zero-order valence-corrected chi connectivity index (χ0v) is 19.2. The molecule has 2 aromatic rings. The number of nitrogens with zero attached hydrogens (tertiary/aromatic N) is 1. The van der Waals surface area contributed by atoms with Gasteiger partial charge in [0.15, 0.2) is 0 Å². The summed E-state index contributed by atoms with van der Waals surface area (Å²) in [6.07, 6.45) is 1.42. The molecule has 1 spiro atoms. The van der Waals surface area contributed by atoms with Crippen LogP contribution in [-0.2, 0) is 14.3 Å². The number of amides is 1. The molecular weight excluding hydrogens is 414 g/mol. The van der Waals surface area contributed by atoms with Crippen LogP contribution < -0.4 is 4.90 Å². The number of benzene rings is 2. The number of carbonyl (C=O) groups excluding carboxylic acids is 2. The second-order valence-corrected chi connectivity index (χ2v) is 11.1. The van der Waals surface area contributed by atoms with E-state index in [-0.39, 0.29) is 11.9 Å². The molecule has 6 heteroatoms. The molecule has 0 N–H and O–H groups in total. The maximum atomic E-state index is 13.6. The zero-order valence-electron chi connectivity index (χ0n) is 17.6. The number of hydrogen-bond acceptors (Lipinski definition) is 5. The third-order valence-electron chi connectivity index (χ3n) is 5.90. The Labute approximate surface area is 186 Å². The summed E-state index contributed by atoms with van der Waals surface area (Å²) < 4.78 is 4.84. The van der Waals surface area contributed by atoms with Gasteiger partial charge >= 0.3 is 5.97 Å². The molecule has 0 aliphatic carbocycles. The third kappa shape index (κ3) is 3.87. The normalized spacial score (nSPS) is 23.4. The van der Waals surface area contributed by atoms with Crippen LogP contribution in [0.2, 0.25) is 0 Å². The number of hydrogen-bond donors (Lipinski definition) is 0. The number of methoxy groups -OCH3 is 1. The Hall–Kier alpha value is -1.92. The topological polar surface area (TPSA) is 46.6 Å². The number of aryl methyl sites for hydroxylation is 2. The summed E-state index contributed by atoms with van der Waals surface area (Å²) in [4.78, 5) is 28.7. The van der Waals surface area contributed by atoms with E-state index in [1.54, 1.807) is 23.5 Å². The fourth-order valence-corrected chi connectivity index (χ4v) is 7.92. The van der Waals surface area contributed by atoms with Crippen molar-refractivity contribution < 1.29 is 14.3 Å². The quantitative estimate of drug-likeness (QED) is 0.618. The van der Waals surface area contributed by atoms with Gasteiger partial charge in [-0.15, -0.1) is 23.5 Å². The van der Waals surface area contributed by atoms with Gasteiger partial charge in [-0.25, -0.2) is 0 Å². The Morgan fingerprint density at radius 2 is 1.57 bits per heavy atom. The average molecular weight is 442 g/mol. The Kier molecular flexibility index (Phi) is 6.16. The molecule has 2 fully saturated rings. The van der Waals surface area contributed by atoms with Crippen LogP contribution in [0.4, 0.5) is 5.69 Å². The van der Waals surface area contributed by atoms with Gasteiger partial charge in [0, 0.05) is 5.69 Å². The minimum absolute atomic E-state index is 0.0616. The maximum absolute atomic E-state index is 13.6. The molecule has 2 saturated heterocycles.